The van der Waals surface area contributed by atoms with Gasteiger partial charge in [0.1, 0.15) is 17.9 Å². The van der Waals surface area contributed by atoms with Gasteiger partial charge >= 0.3 is 0 Å². The summed E-state index contributed by atoms with van der Waals surface area (Å²) < 4.78 is 14.2. The minimum Gasteiger partial charge on any atom is -0.342 e. The fourth-order valence-corrected chi connectivity index (χ4v) is 2.84. The highest BCUT2D eigenvalue weighted by atomic mass is 35.5. The van der Waals surface area contributed by atoms with E-state index in [0.29, 0.717) is 6.42 Å². The Balaban J connectivity index is 2.58. The quantitative estimate of drug-likeness (QED) is 0.933. The minimum atomic E-state index is -0.769. The van der Waals surface area contributed by atoms with Crippen LogP contribution in [0.4, 0.5) is 10.1 Å². The Hall–Kier alpha value is -1.62. The minimum absolute atomic E-state index is 0.0174. The molecule has 1 fully saturated rings. The first-order valence-corrected chi connectivity index (χ1v) is 7.33. The Morgan fingerprint density at radius 3 is 2.57 bits per heavy atom. The lowest BCUT2D eigenvalue weighted by atomic mass is 9.95. The molecule has 1 aliphatic heterocycles. The fraction of sp³-hybridized carbons (Fsp3) is 0.467. The van der Waals surface area contributed by atoms with Crippen LogP contribution in [-0.2, 0) is 9.59 Å². The van der Waals surface area contributed by atoms with Gasteiger partial charge in [0, 0.05) is 0 Å². The number of hydrogen-bond donors (Lipinski definition) is 1. The van der Waals surface area contributed by atoms with Gasteiger partial charge < -0.3 is 5.32 Å². The Labute approximate surface area is 128 Å². The molecule has 0 spiro atoms. The van der Waals surface area contributed by atoms with Crippen molar-refractivity contribution in [2.24, 2.45) is 5.92 Å². The van der Waals surface area contributed by atoms with E-state index < -0.39 is 17.9 Å². The van der Waals surface area contributed by atoms with Gasteiger partial charge in [0.2, 0.25) is 11.8 Å². The van der Waals surface area contributed by atoms with Crippen LogP contribution in [0.15, 0.2) is 18.2 Å². The summed E-state index contributed by atoms with van der Waals surface area (Å²) in [6, 6.07) is 2.80. The number of halogens is 2. The molecule has 1 aromatic rings. The molecule has 6 heteroatoms. The van der Waals surface area contributed by atoms with Gasteiger partial charge in [-0.05, 0) is 24.5 Å². The van der Waals surface area contributed by atoms with E-state index in [0.717, 1.165) is 0 Å². The maximum Gasteiger partial charge on any atom is 0.250 e. The molecule has 1 aliphatic rings. The molecule has 114 valence electrons. The molecule has 1 aromatic carbocycles. The van der Waals surface area contributed by atoms with Crippen LogP contribution < -0.4 is 10.2 Å². The number of carbonyl (C=O) groups is 2. The molecule has 2 amide bonds. The Morgan fingerprint density at radius 1 is 1.38 bits per heavy atom. The highest BCUT2D eigenvalue weighted by Gasteiger charge is 2.43. The van der Waals surface area contributed by atoms with Crippen molar-refractivity contribution in [2.45, 2.75) is 39.3 Å². The largest absolute Gasteiger partial charge is 0.342 e. The summed E-state index contributed by atoms with van der Waals surface area (Å²) in [5.41, 5.74) is -0.0174. The predicted octanol–water partition coefficient (Wildman–Crippen LogP) is 2.75. The number of benzene rings is 1. The number of piperazine rings is 1. The van der Waals surface area contributed by atoms with Crippen molar-refractivity contribution in [3.8, 4) is 0 Å². The van der Waals surface area contributed by atoms with E-state index in [4.69, 9.17) is 11.6 Å². The van der Waals surface area contributed by atoms with Crippen LogP contribution in [0.5, 0.6) is 0 Å². The zero-order chi connectivity index (χ0) is 15.7. The summed E-state index contributed by atoms with van der Waals surface area (Å²) >= 11 is 6.07. The van der Waals surface area contributed by atoms with Crippen LogP contribution in [0.3, 0.4) is 0 Å². The number of para-hydroxylation sites is 1. The van der Waals surface area contributed by atoms with Crippen LogP contribution in [0.25, 0.3) is 0 Å². The second kappa shape index (κ2) is 6.02. The Kier molecular flexibility index (Phi) is 4.52. The molecule has 21 heavy (non-hydrogen) atoms. The first-order chi connectivity index (χ1) is 9.88. The lowest BCUT2D eigenvalue weighted by molar-refractivity contribution is -0.134. The zero-order valence-electron chi connectivity index (χ0n) is 12.2. The molecule has 1 heterocycles. The normalized spacial score (nSPS) is 22.7. The summed E-state index contributed by atoms with van der Waals surface area (Å²) in [5.74, 6) is -1.38. The molecule has 0 saturated carbocycles. The maximum atomic E-state index is 14.2. The van der Waals surface area contributed by atoms with Crippen molar-refractivity contribution in [2.75, 3.05) is 4.90 Å². The van der Waals surface area contributed by atoms with E-state index in [-0.39, 0.29) is 28.4 Å². The topological polar surface area (TPSA) is 49.4 Å². The van der Waals surface area contributed by atoms with Crippen LogP contribution in [0.2, 0.25) is 5.02 Å². The molecule has 0 bridgehead atoms. The summed E-state index contributed by atoms with van der Waals surface area (Å²) in [5, 5.41) is 2.81. The second-order valence-electron chi connectivity index (χ2n) is 5.44. The van der Waals surface area contributed by atoms with Gasteiger partial charge in [0.25, 0.3) is 0 Å². The summed E-state index contributed by atoms with van der Waals surface area (Å²) in [7, 11) is 0. The lowest BCUT2D eigenvalue weighted by Crippen LogP contribution is -2.65. The van der Waals surface area contributed by atoms with Crippen LogP contribution in [0, 0.1) is 11.7 Å². The average molecular weight is 313 g/mol. The third kappa shape index (κ3) is 2.75. The van der Waals surface area contributed by atoms with Crippen molar-refractivity contribution in [3.63, 3.8) is 0 Å². The van der Waals surface area contributed by atoms with E-state index in [2.05, 4.69) is 5.32 Å². The standard InChI is InChI=1S/C15H18ClFN2O2/c1-4-11-15(21)19(12(8(2)3)14(20)18-11)13-9(16)6-5-7-10(13)17/h5-8,11-12H,4H2,1-3H3,(H,18,20). The van der Waals surface area contributed by atoms with E-state index in [9.17, 15) is 14.0 Å². The number of anilines is 1. The molecule has 1 N–H and O–H groups in total. The second-order valence-corrected chi connectivity index (χ2v) is 5.84. The SMILES string of the molecule is CCC1NC(=O)C(C(C)C)N(c2c(F)cccc2Cl)C1=O. The summed E-state index contributed by atoms with van der Waals surface area (Å²) in [4.78, 5) is 26.1. The van der Waals surface area contributed by atoms with Crippen molar-refractivity contribution in [1.29, 1.82) is 0 Å². The predicted molar refractivity (Wildman–Crippen MR) is 79.7 cm³/mol. The van der Waals surface area contributed by atoms with E-state index in [1.54, 1.807) is 6.92 Å². The smallest absolute Gasteiger partial charge is 0.250 e. The molecular formula is C15H18ClFN2O2. The first kappa shape index (κ1) is 15.8. The zero-order valence-corrected chi connectivity index (χ0v) is 12.9. The molecule has 2 unspecified atom stereocenters. The molecular weight excluding hydrogens is 295 g/mol. The van der Waals surface area contributed by atoms with Gasteiger partial charge in [-0.25, -0.2) is 4.39 Å². The number of rotatable bonds is 3. The monoisotopic (exact) mass is 312 g/mol. The van der Waals surface area contributed by atoms with Gasteiger partial charge in [0.05, 0.1) is 10.7 Å². The molecule has 0 aromatic heterocycles. The Morgan fingerprint density at radius 2 is 2.05 bits per heavy atom. The van der Waals surface area contributed by atoms with E-state index in [1.165, 1.54) is 23.1 Å². The van der Waals surface area contributed by atoms with Crippen molar-refractivity contribution in [1.82, 2.24) is 5.32 Å². The van der Waals surface area contributed by atoms with Gasteiger partial charge in [0.15, 0.2) is 0 Å². The van der Waals surface area contributed by atoms with Crippen molar-refractivity contribution < 1.29 is 14.0 Å². The average Bonchev–Trinajstić information content (AvgIpc) is 2.41. The number of amides is 2. The fourth-order valence-electron chi connectivity index (χ4n) is 2.59. The highest BCUT2D eigenvalue weighted by molar-refractivity contribution is 6.34. The molecule has 4 nitrogen and oxygen atoms in total. The highest BCUT2D eigenvalue weighted by Crippen LogP contribution is 2.34. The van der Waals surface area contributed by atoms with Gasteiger partial charge in [-0.3, -0.25) is 14.5 Å². The first-order valence-electron chi connectivity index (χ1n) is 6.96. The number of nitrogens with one attached hydrogen (secondary N) is 1. The number of carbonyl (C=O) groups excluding carboxylic acids is 2. The van der Waals surface area contributed by atoms with Gasteiger partial charge in [-0.2, -0.15) is 0 Å². The third-order valence-electron chi connectivity index (χ3n) is 3.62. The molecule has 2 rings (SSSR count). The maximum absolute atomic E-state index is 14.2. The van der Waals surface area contributed by atoms with Crippen LogP contribution in [0.1, 0.15) is 27.2 Å². The van der Waals surface area contributed by atoms with E-state index in [1.807, 2.05) is 13.8 Å². The van der Waals surface area contributed by atoms with E-state index >= 15 is 0 Å². The van der Waals surface area contributed by atoms with Crippen molar-refractivity contribution >= 4 is 29.1 Å². The Bertz CT molecular complexity index is 557. The van der Waals surface area contributed by atoms with Crippen LogP contribution >= 0.6 is 11.6 Å². The molecule has 0 aliphatic carbocycles. The van der Waals surface area contributed by atoms with Crippen LogP contribution in [-0.4, -0.2) is 23.9 Å². The van der Waals surface area contributed by atoms with Gasteiger partial charge in [-0.1, -0.05) is 38.4 Å². The summed E-state index contributed by atoms with van der Waals surface area (Å²) in [6.45, 7) is 5.41. The number of hydrogen-bond acceptors (Lipinski definition) is 2. The molecule has 2 atom stereocenters. The molecule has 1 saturated heterocycles. The third-order valence-corrected chi connectivity index (χ3v) is 3.92. The van der Waals surface area contributed by atoms with Gasteiger partial charge in [-0.15, -0.1) is 0 Å². The molecule has 0 radical (unpaired) electrons. The van der Waals surface area contributed by atoms with Crippen molar-refractivity contribution in [3.05, 3.63) is 29.0 Å². The number of nitrogens with zero attached hydrogens (tertiary/aromatic N) is 1. The summed E-state index contributed by atoms with van der Waals surface area (Å²) in [6.07, 6.45) is 0.442. The lowest BCUT2D eigenvalue weighted by Gasteiger charge is -2.40.